The summed E-state index contributed by atoms with van der Waals surface area (Å²) in [6.45, 7) is 7.38. The van der Waals surface area contributed by atoms with Gasteiger partial charge in [-0.2, -0.15) is 0 Å². The molecule has 0 radical (unpaired) electrons. The fourth-order valence-electron chi connectivity index (χ4n) is 2.17. The molecule has 4 heteroatoms. The van der Waals surface area contributed by atoms with Gasteiger partial charge in [0.1, 0.15) is 5.82 Å². The molecule has 0 unspecified atom stereocenters. The summed E-state index contributed by atoms with van der Waals surface area (Å²) >= 11 is 0. The Kier molecular flexibility index (Phi) is 4.32. The maximum atomic E-state index is 4.46. The highest BCUT2D eigenvalue weighted by atomic mass is 15.2. The first-order valence-corrected chi connectivity index (χ1v) is 6.71. The third-order valence-corrected chi connectivity index (χ3v) is 3.52. The molecule has 0 spiro atoms. The van der Waals surface area contributed by atoms with Crippen LogP contribution in [0.25, 0.3) is 0 Å². The topological polar surface area (TPSA) is 34.0 Å². The Balaban J connectivity index is 2.08. The molecule has 0 aromatic carbocycles. The molecule has 4 nitrogen and oxygen atoms in total. The van der Waals surface area contributed by atoms with Crippen LogP contribution in [-0.2, 0) is 6.54 Å². The zero-order chi connectivity index (χ0) is 13.8. The van der Waals surface area contributed by atoms with E-state index >= 15 is 0 Å². The fraction of sp³-hybridized carbons (Fsp3) is 0.467. The lowest BCUT2D eigenvalue weighted by Crippen LogP contribution is -2.24. The number of imidazole rings is 1. The second-order valence-electron chi connectivity index (χ2n) is 5.22. The molecule has 0 N–H and O–H groups in total. The highest BCUT2D eigenvalue weighted by Crippen LogP contribution is 2.20. The van der Waals surface area contributed by atoms with Crippen molar-refractivity contribution in [1.29, 1.82) is 0 Å². The Morgan fingerprint density at radius 1 is 1.26 bits per heavy atom. The summed E-state index contributed by atoms with van der Waals surface area (Å²) in [5.41, 5.74) is 1.23. The molecule has 0 amide bonds. The highest BCUT2D eigenvalue weighted by Gasteiger charge is 2.15. The van der Waals surface area contributed by atoms with Gasteiger partial charge in [0, 0.05) is 36.9 Å². The summed E-state index contributed by atoms with van der Waals surface area (Å²) in [5.74, 6) is 1.10. The Morgan fingerprint density at radius 2 is 2.05 bits per heavy atom. The summed E-state index contributed by atoms with van der Waals surface area (Å²) in [6, 6.07) is 4.86. The van der Waals surface area contributed by atoms with Crippen LogP contribution in [0.1, 0.15) is 44.2 Å². The molecule has 0 aliphatic rings. The first kappa shape index (κ1) is 13.7. The second kappa shape index (κ2) is 5.97. The van der Waals surface area contributed by atoms with Gasteiger partial charge in [0.15, 0.2) is 0 Å². The van der Waals surface area contributed by atoms with Crippen molar-refractivity contribution in [2.75, 3.05) is 7.05 Å². The third kappa shape index (κ3) is 3.20. The van der Waals surface area contributed by atoms with E-state index in [9.17, 15) is 0 Å². The molecule has 0 aliphatic heterocycles. The predicted molar refractivity (Wildman–Crippen MR) is 76.7 cm³/mol. The van der Waals surface area contributed by atoms with Gasteiger partial charge in [0.05, 0.1) is 6.54 Å². The molecule has 2 aromatic rings. The molecular weight excluding hydrogens is 236 g/mol. The zero-order valence-corrected chi connectivity index (χ0v) is 12.1. The number of hydrogen-bond acceptors (Lipinski definition) is 3. The van der Waals surface area contributed by atoms with E-state index in [1.807, 2.05) is 30.9 Å². The van der Waals surface area contributed by atoms with Gasteiger partial charge in [-0.25, -0.2) is 4.98 Å². The number of hydrogen-bond donors (Lipinski definition) is 0. The van der Waals surface area contributed by atoms with Gasteiger partial charge in [0.25, 0.3) is 0 Å². The first-order valence-electron chi connectivity index (χ1n) is 6.71. The molecular formula is C15H22N4. The zero-order valence-electron chi connectivity index (χ0n) is 12.1. The van der Waals surface area contributed by atoms with Gasteiger partial charge in [0.2, 0.25) is 0 Å². The smallest absolute Gasteiger partial charge is 0.123 e. The molecule has 2 aromatic heterocycles. The Labute approximate surface area is 115 Å². The summed E-state index contributed by atoms with van der Waals surface area (Å²) in [5, 5.41) is 0. The van der Waals surface area contributed by atoms with Crippen LogP contribution < -0.4 is 0 Å². The van der Waals surface area contributed by atoms with E-state index < -0.39 is 0 Å². The normalized spacial score (nSPS) is 13.2. The number of pyridine rings is 1. The van der Waals surface area contributed by atoms with Crippen LogP contribution in [0.4, 0.5) is 0 Å². The Morgan fingerprint density at radius 3 is 2.68 bits per heavy atom. The molecule has 0 saturated heterocycles. The van der Waals surface area contributed by atoms with E-state index in [0.717, 1.165) is 12.4 Å². The van der Waals surface area contributed by atoms with E-state index in [1.54, 1.807) is 0 Å². The predicted octanol–water partition coefficient (Wildman–Crippen LogP) is 3.05. The molecule has 0 bridgehead atoms. The van der Waals surface area contributed by atoms with Crippen molar-refractivity contribution in [3.05, 3.63) is 48.3 Å². The van der Waals surface area contributed by atoms with Crippen LogP contribution in [0.3, 0.4) is 0 Å². The molecule has 0 saturated carbocycles. The van der Waals surface area contributed by atoms with Gasteiger partial charge >= 0.3 is 0 Å². The van der Waals surface area contributed by atoms with Crippen molar-refractivity contribution >= 4 is 0 Å². The van der Waals surface area contributed by atoms with Crippen molar-refractivity contribution in [3.63, 3.8) is 0 Å². The minimum absolute atomic E-state index is 0.325. The lowest BCUT2D eigenvalue weighted by atomic mass is 10.1. The fourth-order valence-corrected chi connectivity index (χ4v) is 2.17. The van der Waals surface area contributed by atoms with Crippen molar-refractivity contribution < 1.29 is 0 Å². The third-order valence-electron chi connectivity index (χ3n) is 3.52. The lowest BCUT2D eigenvalue weighted by molar-refractivity contribution is 0.241. The summed E-state index contributed by atoms with van der Waals surface area (Å²) in [4.78, 5) is 10.9. The maximum Gasteiger partial charge on any atom is 0.123 e. The largest absolute Gasteiger partial charge is 0.331 e. The average Bonchev–Trinajstić information content (AvgIpc) is 2.87. The van der Waals surface area contributed by atoms with Gasteiger partial charge < -0.3 is 4.57 Å². The molecule has 1 atom stereocenters. The van der Waals surface area contributed by atoms with Crippen LogP contribution in [0.15, 0.2) is 36.9 Å². The van der Waals surface area contributed by atoms with Crippen LogP contribution in [0.5, 0.6) is 0 Å². The minimum Gasteiger partial charge on any atom is -0.331 e. The average molecular weight is 258 g/mol. The summed E-state index contributed by atoms with van der Waals surface area (Å²) in [7, 11) is 2.12. The van der Waals surface area contributed by atoms with Crippen molar-refractivity contribution in [2.24, 2.45) is 0 Å². The van der Waals surface area contributed by atoms with Gasteiger partial charge in [-0.3, -0.25) is 9.88 Å². The van der Waals surface area contributed by atoms with E-state index in [1.165, 1.54) is 5.56 Å². The van der Waals surface area contributed by atoms with Crippen LogP contribution in [-0.4, -0.2) is 26.5 Å². The number of nitrogens with zero attached hydrogens (tertiary/aromatic N) is 4. The minimum atomic E-state index is 0.325. The number of aromatic nitrogens is 3. The van der Waals surface area contributed by atoms with E-state index in [0.29, 0.717) is 12.1 Å². The molecule has 0 fully saturated rings. The van der Waals surface area contributed by atoms with E-state index in [2.05, 4.69) is 53.3 Å². The van der Waals surface area contributed by atoms with Crippen LogP contribution in [0, 0.1) is 0 Å². The van der Waals surface area contributed by atoms with Crippen molar-refractivity contribution in [2.45, 2.75) is 39.4 Å². The van der Waals surface area contributed by atoms with Gasteiger partial charge in [-0.1, -0.05) is 6.07 Å². The first-order chi connectivity index (χ1) is 9.09. The van der Waals surface area contributed by atoms with Gasteiger partial charge in [-0.15, -0.1) is 0 Å². The molecule has 102 valence electrons. The number of rotatable bonds is 5. The molecule has 0 aliphatic carbocycles. The van der Waals surface area contributed by atoms with Crippen molar-refractivity contribution in [1.82, 2.24) is 19.4 Å². The summed E-state index contributed by atoms with van der Waals surface area (Å²) < 4.78 is 2.21. The quantitative estimate of drug-likeness (QED) is 0.826. The summed E-state index contributed by atoms with van der Waals surface area (Å²) in [6.07, 6.45) is 7.65. The molecule has 2 heterocycles. The Bertz CT molecular complexity index is 504. The highest BCUT2D eigenvalue weighted by molar-refractivity contribution is 5.13. The van der Waals surface area contributed by atoms with Crippen LogP contribution in [0.2, 0.25) is 0 Å². The Hall–Kier alpha value is -1.68. The second-order valence-corrected chi connectivity index (χ2v) is 5.22. The standard InChI is InChI=1S/C15H22N4/c1-12(2)19-9-8-17-15(19)11-18(4)13(3)14-6-5-7-16-10-14/h5-10,12-13H,11H2,1-4H3/t13-/m0/s1. The lowest BCUT2D eigenvalue weighted by Gasteiger charge is -2.25. The molecule has 19 heavy (non-hydrogen) atoms. The van der Waals surface area contributed by atoms with E-state index in [-0.39, 0.29) is 0 Å². The SMILES string of the molecule is CC(C)n1ccnc1CN(C)[C@@H](C)c1cccnc1. The monoisotopic (exact) mass is 258 g/mol. The molecule has 2 rings (SSSR count). The van der Waals surface area contributed by atoms with Gasteiger partial charge in [-0.05, 0) is 39.4 Å². The van der Waals surface area contributed by atoms with E-state index in [4.69, 9.17) is 0 Å². The van der Waals surface area contributed by atoms with Crippen LogP contribution >= 0.6 is 0 Å². The maximum absolute atomic E-state index is 4.46. The van der Waals surface area contributed by atoms with Crippen molar-refractivity contribution in [3.8, 4) is 0 Å².